The first-order valence-electron chi connectivity index (χ1n) is 5.46. The van der Waals surface area contributed by atoms with Crippen molar-refractivity contribution in [3.63, 3.8) is 0 Å². The van der Waals surface area contributed by atoms with Gasteiger partial charge in [-0.1, -0.05) is 0 Å². The fraction of sp³-hybridized carbons (Fsp3) is 0.545. The Labute approximate surface area is 99.0 Å². The highest BCUT2D eigenvalue weighted by Gasteiger charge is 2.29. The van der Waals surface area contributed by atoms with E-state index in [1.54, 1.807) is 0 Å². The number of nitrogens with zero attached hydrogens (tertiary/aromatic N) is 2. The van der Waals surface area contributed by atoms with E-state index in [0.29, 0.717) is 18.8 Å². The lowest BCUT2D eigenvalue weighted by Crippen LogP contribution is -2.42. The third-order valence-corrected chi connectivity index (χ3v) is 2.93. The third-order valence-electron chi connectivity index (χ3n) is 2.93. The summed E-state index contributed by atoms with van der Waals surface area (Å²) in [4.78, 5) is 18.7. The van der Waals surface area contributed by atoms with Crippen LogP contribution in [0.1, 0.15) is 29.4 Å². The molecule has 2 rings (SSSR count). The number of aromatic carboxylic acids is 1. The topological polar surface area (TPSA) is 84.3 Å². The minimum atomic E-state index is -1.00. The van der Waals surface area contributed by atoms with Gasteiger partial charge in [-0.05, 0) is 13.3 Å². The quantitative estimate of drug-likeness (QED) is 0.790. The lowest BCUT2D eigenvalue weighted by atomic mass is 10.0. The second-order valence-corrected chi connectivity index (χ2v) is 4.41. The molecule has 0 bridgehead atoms. The molecule has 1 atom stereocenters. The molecule has 17 heavy (non-hydrogen) atoms. The van der Waals surface area contributed by atoms with Crippen LogP contribution >= 0.6 is 0 Å². The third kappa shape index (κ3) is 2.78. The Hall–Kier alpha value is -1.53. The van der Waals surface area contributed by atoms with E-state index >= 15 is 0 Å². The van der Waals surface area contributed by atoms with Crippen LogP contribution in [0.5, 0.6) is 0 Å². The van der Waals surface area contributed by atoms with Crippen molar-refractivity contribution in [3.05, 3.63) is 23.8 Å². The average molecular weight is 237 g/mol. The van der Waals surface area contributed by atoms with E-state index in [2.05, 4.69) is 22.2 Å². The minimum Gasteiger partial charge on any atom is -0.478 e. The summed E-state index contributed by atoms with van der Waals surface area (Å²) in [6, 6.07) is 0. The summed E-state index contributed by atoms with van der Waals surface area (Å²) >= 11 is 0. The summed E-state index contributed by atoms with van der Waals surface area (Å²) in [5.41, 5.74) is 0.545. The van der Waals surface area contributed by atoms with Gasteiger partial charge >= 0.3 is 5.97 Å². The summed E-state index contributed by atoms with van der Waals surface area (Å²) in [5.74, 6) is -1.00. The molecule has 1 aliphatic heterocycles. The normalized spacial score (nSPS) is 23.8. The molecule has 0 saturated carbocycles. The van der Waals surface area contributed by atoms with E-state index in [9.17, 15) is 4.79 Å². The Morgan fingerprint density at radius 1 is 1.71 bits per heavy atom. The first-order valence-corrected chi connectivity index (χ1v) is 5.46. The summed E-state index contributed by atoms with van der Waals surface area (Å²) in [6.45, 7) is 3.84. The highest BCUT2D eigenvalue weighted by Crippen LogP contribution is 2.18. The smallest absolute Gasteiger partial charge is 0.339 e. The molecule has 1 saturated heterocycles. The van der Waals surface area contributed by atoms with E-state index in [0.717, 1.165) is 13.0 Å². The number of carboxylic acids is 1. The SMILES string of the molecule is CC1(NCc2ncncc2C(=O)O)CCOC1. The zero-order valence-corrected chi connectivity index (χ0v) is 9.64. The van der Waals surface area contributed by atoms with E-state index in [1.807, 2.05) is 0 Å². The van der Waals surface area contributed by atoms with Gasteiger partial charge in [-0.25, -0.2) is 14.8 Å². The van der Waals surface area contributed by atoms with Crippen LogP contribution in [-0.4, -0.2) is 39.8 Å². The number of carboxylic acid groups (broad SMARTS) is 1. The van der Waals surface area contributed by atoms with Crippen LogP contribution in [0.3, 0.4) is 0 Å². The summed E-state index contributed by atoms with van der Waals surface area (Å²) < 4.78 is 5.31. The maximum atomic E-state index is 11.0. The molecule has 2 heterocycles. The van der Waals surface area contributed by atoms with Crippen LogP contribution in [-0.2, 0) is 11.3 Å². The van der Waals surface area contributed by atoms with Gasteiger partial charge in [0.1, 0.15) is 11.9 Å². The van der Waals surface area contributed by atoms with Gasteiger partial charge in [0, 0.05) is 24.9 Å². The Morgan fingerprint density at radius 2 is 2.53 bits per heavy atom. The molecule has 1 fully saturated rings. The van der Waals surface area contributed by atoms with Crippen molar-refractivity contribution in [1.82, 2.24) is 15.3 Å². The number of carbonyl (C=O) groups is 1. The molecule has 0 aromatic carbocycles. The number of rotatable bonds is 4. The highest BCUT2D eigenvalue weighted by molar-refractivity contribution is 5.88. The summed E-state index contributed by atoms with van der Waals surface area (Å²) in [5, 5.41) is 12.3. The van der Waals surface area contributed by atoms with Crippen molar-refractivity contribution in [1.29, 1.82) is 0 Å². The average Bonchev–Trinajstić information content (AvgIpc) is 2.74. The van der Waals surface area contributed by atoms with Crippen molar-refractivity contribution >= 4 is 5.97 Å². The lowest BCUT2D eigenvalue weighted by molar-refractivity contribution is 0.0694. The predicted molar refractivity (Wildman–Crippen MR) is 59.7 cm³/mol. The maximum Gasteiger partial charge on any atom is 0.339 e. The zero-order chi connectivity index (χ0) is 12.3. The maximum absolute atomic E-state index is 11.0. The highest BCUT2D eigenvalue weighted by atomic mass is 16.5. The first-order chi connectivity index (χ1) is 8.11. The number of hydrogen-bond donors (Lipinski definition) is 2. The Kier molecular flexibility index (Phi) is 3.35. The fourth-order valence-electron chi connectivity index (χ4n) is 1.78. The van der Waals surface area contributed by atoms with Gasteiger partial charge in [-0.3, -0.25) is 0 Å². The van der Waals surface area contributed by atoms with Crippen LogP contribution in [0.15, 0.2) is 12.5 Å². The molecule has 0 spiro atoms. The van der Waals surface area contributed by atoms with Gasteiger partial charge in [0.2, 0.25) is 0 Å². The molecule has 2 N–H and O–H groups in total. The summed E-state index contributed by atoms with van der Waals surface area (Å²) in [7, 11) is 0. The Balaban J connectivity index is 2.06. The van der Waals surface area contributed by atoms with Crippen molar-refractivity contribution in [2.75, 3.05) is 13.2 Å². The second-order valence-electron chi connectivity index (χ2n) is 4.41. The Morgan fingerprint density at radius 3 is 3.18 bits per heavy atom. The summed E-state index contributed by atoms with van der Waals surface area (Å²) in [6.07, 6.45) is 3.59. The van der Waals surface area contributed by atoms with Gasteiger partial charge in [-0.2, -0.15) is 0 Å². The zero-order valence-electron chi connectivity index (χ0n) is 9.64. The van der Waals surface area contributed by atoms with Crippen molar-refractivity contribution in [3.8, 4) is 0 Å². The molecule has 0 amide bonds. The van der Waals surface area contributed by atoms with E-state index < -0.39 is 5.97 Å². The molecule has 1 aliphatic rings. The molecule has 1 aromatic rings. The number of hydrogen-bond acceptors (Lipinski definition) is 5. The number of aromatic nitrogens is 2. The molecule has 92 valence electrons. The van der Waals surface area contributed by atoms with E-state index in [4.69, 9.17) is 9.84 Å². The molecule has 6 nitrogen and oxygen atoms in total. The second kappa shape index (κ2) is 4.77. The van der Waals surface area contributed by atoms with Crippen molar-refractivity contribution in [2.45, 2.75) is 25.4 Å². The minimum absolute atomic E-state index is 0.0965. The van der Waals surface area contributed by atoms with Crippen LogP contribution in [0.25, 0.3) is 0 Å². The predicted octanol–water partition coefficient (Wildman–Crippen LogP) is 0.443. The molecular formula is C11H15N3O3. The Bertz CT molecular complexity index is 416. The number of nitrogens with one attached hydrogen (secondary N) is 1. The van der Waals surface area contributed by atoms with Crippen molar-refractivity contribution in [2.24, 2.45) is 0 Å². The first kappa shape index (κ1) is 11.9. The van der Waals surface area contributed by atoms with Crippen molar-refractivity contribution < 1.29 is 14.6 Å². The standard InChI is InChI=1S/C11H15N3O3/c1-11(2-3-17-6-11)14-5-9-8(10(15)16)4-12-7-13-9/h4,7,14H,2-3,5-6H2,1H3,(H,15,16). The fourth-order valence-corrected chi connectivity index (χ4v) is 1.78. The van der Waals surface area contributed by atoms with Gasteiger partial charge in [0.25, 0.3) is 0 Å². The van der Waals surface area contributed by atoms with Gasteiger partial charge in [-0.15, -0.1) is 0 Å². The van der Waals surface area contributed by atoms with Gasteiger partial charge < -0.3 is 15.2 Å². The van der Waals surface area contributed by atoms with Crippen LogP contribution in [0, 0.1) is 0 Å². The lowest BCUT2D eigenvalue weighted by Gasteiger charge is -2.23. The molecule has 1 unspecified atom stereocenters. The van der Waals surface area contributed by atoms with Gasteiger partial charge in [0.15, 0.2) is 0 Å². The van der Waals surface area contributed by atoms with Crippen LogP contribution in [0.2, 0.25) is 0 Å². The molecule has 1 aromatic heterocycles. The monoisotopic (exact) mass is 237 g/mol. The molecular weight excluding hydrogens is 222 g/mol. The largest absolute Gasteiger partial charge is 0.478 e. The van der Waals surface area contributed by atoms with Crippen LogP contribution in [0.4, 0.5) is 0 Å². The van der Waals surface area contributed by atoms with E-state index in [-0.39, 0.29) is 11.1 Å². The molecule has 0 radical (unpaired) electrons. The molecule has 6 heteroatoms. The molecule has 0 aliphatic carbocycles. The number of ether oxygens (including phenoxy) is 1. The van der Waals surface area contributed by atoms with Crippen LogP contribution < -0.4 is 5.32 Å². The van der Waals surface area contributed by atoms with Gasteiger partial charge in [0.05, 0.1) is 12.3 Å². The van der Waals surface area contributed by atoms with E-state index in [1.165, 1.54) is 12.5 Å².